The Balaban J connectivity index is 1.32. The Hall–Kier alpha value is -3.09. The number of aromatic nitrogens is 3. The van der Waals surface area contributed by atoms with Crippen molar-refractivity contribution in [3.05, 3.63) is 48.4 Å². The summed E-state index contributed by atoms with van der Waals surface area (Å²) in [6.07, 6.45) is 5.46. The van der Waals surface area contributed by atoms with Crippen LogP contribution >= 0.6 is 0 Å². The van der Waals surface area contributed by atoms with E-state index < -0.39 is 0 Å². The quantitative estimate of drug-likeness (QED) is 0.604. The minimum atomic E-state index is 0.0104. The van der Waals surface area contributed by atoms with Gasteiger partial charge in [-0.15, -0.1) is 0 Å². The molecule has 1 atom stereocenters. The summed E-state index contributed by atoms with van der Waals surface area (Å²) in [7, 11) is 0. The van der Waals surface area contributed by atoms with Gasteiger partial charge in [0.2, 0.25) is 5.91 Å². The molecule has 0 spiro atoms. The Morgan fingerprint density at radius 2 is 2.00 bits per heavy atom. The smallest absolute Gasteiger partial charge is 0.239 e. The lowest BCUT2D eigenvalue weighted by molar-refractivity contribution is -0.120. The Kier molecular flexibility index (Phi) is 5.61. The maximum atomic E-state index is 12.5. The summed E-state index contributed by atoms with van der Waals surface area (Å²) in [6, 6.07) is 10.4. The summed E-state index contributed by atoms with van der Waals surface area (Å²) in [6.45, 7) is 8.53. The van der Waals surface area contributed by atoms with Crippen molar-refractivity contribution in [1.29, 1.82) is 0 Å². The average Bonchev–Trinajstić information content (AvgIpc) is 3.21. The van der Waals surface area contributed by atoms with E-state index in [1.54, 1.807) is 6.33 Å². The van der Waals surface area contributed by atoms with Crippen LogP contribution in [-0.4, -0.2) is 46.5 Å². The molecular weight excluding hydrogens is 376 g/mol. The van der Waals surface area contributed by atoms with Crippen LogP contribution in [0.15, 0.2) is 42.9 Å². The van der Waals surface area contributed by atoms with Crippen LogP contribution in [0, 0.1) is 0 Å². The van der Waals surface area contributed by atoms with Crippen molar-refractivity contribution in [2.24, 2.45) is 0 Å². The highest BCUT2D eigenvalue weighted by atomic mass is 16.2. The molecule has 1 saturated heterocycles. The molecule has 158 valence electrons. The second-order valence-corrected chi connectivity index (χ2v) is 8.97. The second-order valence-electron chi connectivity index (χ2n) is 8.97. The van der Waals surface area contributed by atoms with Gasteiger partial charge < -0.3 is 20.5 Å². The number of rotatable bonds is 5. The fourth-order valence-corrected chi connectivity index (χ4v) is 3.95. The molecule has 0 saturated carbocycles. The van der Waals surface area contributed by atoms with Crippen LogP contribution in [0.5, 0.6) is 0 Å². The number of hydrogen-bond donors (Lipinski definition) is 3. The number of carbonyl (C=O) groups excluding carboxylic acids is 1. The van der Waals surface area contributed by atoms with Crippen molar-refractivity contribution >= 4 is 28.4 Å². The molecule has 4 rings (SSSR count). The molecule has 1 aliphatic heterocycles. The van der Waals surface area contributed by atoms with Gasteiger partial charge in [0.1, 0.15) is 17.8 Å². The normalized spacial score (nSPS) is 17.2. The molecule has 1 fully saturated rings. The molecular formula is C23H30N6O. The summed E-state index contributed by atoms with van der Waals surface area (Å²) in [5.41, 5.74) is 3.20. The first-order chi connectivity index (χ1) is 14.4. The Labute approximate surface area is 177 Å². The molecule has 3 aromatic rings. The number of carbonyl (C=O) groups is 1. The monoisotopic (exact) mass is 406 g/mol. The summed E-state index contributed by atoms with van der Waals surface area (Å²) in [4.78, 5) is 26.6. The number of fused-ring (bicyclic) bond motifs is 1. The number of hydrogen-bond acceptors (Lipinski definition) is 5. The molecule has 7 heteroatoms. The molecule has 7 nitrogen and oxygen atoms in total. The molecule has 0 bridgehead atoms. The van der Waals surface area contributed by atoms with Crippen LogP contribution < -0.4 is 15.5 Å². The molecule has 3 N–H and O–H groups in total. The van der Waals surface area contributed by atoms with Gasteiger partial charge in [0.15, 0.2) is 0 Å². The summed E-state index contributed by atoms with van der Waals surface area (Å²) in [5, 5.41) is 7.42. The van der Waals surface area contributed by atoms with Gasteiger partial charge in [0.25, 0.3) is 0 Å². The Bertz CT molecular complexity index is 1000. The fourth-order valence-electron chi connectivity index (χ4n) is 3.95. The van der Waals surface area contributed by atoms with E-state index in [4.69, 9.17) is 0 Å². The molecule has 2 aromatic heterocycles. The lowest BCUT2D eigenvalue weighted by Crippen LogP contribution is -2.49. The third kappa shape index (κ3) is 4.56. The van der Waals surface area contributed by atoms with Crippen molar-refractivity contribution in [2.45, 2.75) is 45.1 Å². The van der Waals surface area contributed by atoms with E-state index in [0.717, 1.165) is 48.5 Å². The van der Waals surface area contributed by atoms with Crippen LogP contribution in [-0.2, 0) is 10.2 Å². The highest BCUT2D eigenvalue weighted by Crippen LogP contribution is 2.25. The van der Waals surface area contributed by atoms with E-state index in [-0.39, 0.29) is 23.9 Å². The van der Waals surface area contributed by atoms with Gasteiger partial charge in [0, 0.05) is 31.0 Å². The topological polar surface area (TPSA) is 85.9 Å². The van der Waals surface area contributed by atoms with Crippen LogP contribution in [0.2, 0.25) is 0 Å². The zero-order chi connectivity index (χ0) is 21.1. The third-order valence-electron chi connectivity index (χ3n) is 5.62. The summed E-state index contributed by atoms with van der Waals surface area (Å²) >= 11 is 0. The van der Waals surface area contributed by atoms with E-state index in [1.807, 2.05) is 24.4 Å². The number of benzene rings is 1. The van der Waals surface area contributed by atoms with Crippen molar-refractivity contribution in [2.75, 3.05) is 29.9 Å². The number of aromatic amines is 1. The van der Waals surface area contributed by atoms with Crippen LogP contribution in [0.1, 0.15) is 39.2 Å². The van der Waals surface area contributed by atoms with Crippen LogP contribution in [0.25, 0.3) is 11.0 Å². The number of piperidine rings is 1. The molecule has 1 aromatic carbocycles. The van der Waals surface area contributed by atoms with Gasteiger partial charge in [-0.3, -0.25) is 4.79 Å². The number of nitrogens with one attached hydrogen (secondary N) is 3. The van der Waals surface area contributed by atoms with Gasteiger partial charge in [-0.2, -0.15) is 0 Å². The summed E-state index contributed by atoms with van der Waals surface area (Å²) in [5.74, 6) is 0.938. The van der Waals surface area contributed by atoms with Crippen molar-refractivity contribution in [3.63, 3.8) is 0 Å². The maximum Gasteiger partial charge on any atom is 0.239 e. The van der Waals surface area contributed by atoms with Gasteiger partial charge in [0.05, 0.1) is 11.9 Å². The average molecular weight is 407 g/mol. The maximum absolute atomic E-state index is 12.5. The molecule has 0 radical (unpaired) electrons. The zero-order valence-electron chi connectivity index (χ0n) is 17.9. The van der Waals surface area contributed by atoms with Gasteiger partial charge >= 0.3 is 0 Å². The van der Waals surface area contributed by atoms with E-state index in [0.29, 0.717) is 0 Å². The number of nitrogens with zero attached hydrogens (tertiary/aromatic N) is 3. The van der Waals surface area contributed by atoms with Gasteiger partial charge in [-0.05, 0) is 42.0 Å². The van der Waals surface area contributed by atoms with E-state index >= 15 is 0 Å². The van der Waals surface area contributed by atoms with Crippen molar-refractivity contribution in [1.82, 2.24) is 20.3 Å². The highest BCUT2D eigenvalue weighted by Gasteiger charge is 2.24. The molecule has 3 heterocycles. The first-order valence-corrected chi connectivity index (χ1v) is 10.6. The minimum absolute atomic E-state index is 0.0104. The van der Waals surface area contributed by atoms with Crippen molar-refractivity contribution < 1.29 is 4.79 Å². The van der Waals surface area contributed by atoms with Crippen LogP contribution in [0.3, 0.4) is 0 Å². The highest BCUT2D eigenvalue weighted by molar-refractivity contribution is 5.87. The van der Waals surface area contributed by atoms with E-state index in [1.165, 1.54) is 5.56 Å². The van der Waals surface area contributed by atoms with E-state index in [2.05, 4.69) is 63.4 Å². The first-order valence-electron chi connectivity index (χ1n) is 10.6. The largest absolute Gasteiger partial charge is 0.376 e. The van der Waals surface area contributed by atoms with Gasteiger partial charge in [-0.25, -0.2) is 9.97 Å². The predicted molar refractivity (Wildman–Crippen MR) is 121 cm³/mol. The minimum Gasteiger partial charge on any atom is -0.376 e. The molecule has 1 aliphatic rings. The summed E-state index contributed by atoms with van der Waals surface area (Å²) < 4.78 is 0. The number of H-pyrrole nitrogens is 1. The SMILES string of the molecule is CC(C)(C)c1ccc(NCC(=O)NC2CCCN(c3ncnc4[nH]ccc34)C2)cc1. The first kappa shape index (κ1) is 20.2. The third-order valence-corrected chi connectivity index (χ3v) is 5.62. The number of anilines is 2. The van der Waals surface area contributed by atoms with Crippen molar-refractivity contribution in [3.8, 4) is 0 Å². The zero-order valence-corrected chi connectivity index (χ0v) is 17.9. The molecule has 30 heavy (non-hydrogen) atoms. The molecule has 0 aliphatic carbocycles. The van der Waals surface area contributed by atoms with E-state index in [9.17, 15) is 4.79 Å². The lowest BCUT2D eigenvalue weighted by atomic mass is 9.87. The number of amides is 1. The van der Waals surface area contributed by atoms with Gasteiger partial charge in [-0.1, -0.05) is 32.9 Å². The fraction of sp³-hybridized carbons (Fsp3) is 0.435. The Morgan fingerprint density at radius 3 is 2.77 bits per heavy atom. The molecule has 1 unspecified atom stereocenters. The van der Waals surface area contributed by atoms with Crippen LogP contribution in [0.4, 0.5) is 11.5 Å². The predicted octanol–water partition coefficient (Wildman–Crippen LogP) is 3.45. The Morgan fingerprint density at radius 1 is 1.20 bits per heavy atom. The standard InChI is InChI=1S/C23H30N6O/c1-23(2,3)16-6-8-17(9-7-16)25-13-20(30)28-18-5-4-12-29(14-18)22-19-10-11-24-21(19)26-15-27-22/h6-11,15,18,25H,4-5,12-14H2,1-3H3,(H,28,30)(H,24,26,27). The molecule has 1 amide bonds. The lowest BCUT2D eigenvalue weighted by Gasteiger charge is -2.34. The second kappa shape index (κ2) is 8.34.